The standard InChI is InChI=1S/C37H40O7S/c1-4-35(38)43-27-9-26-42-32-17-10-29(11-18-32)12-23-36(39)45-34-21-15-31(16-22-34)30-13-19-33(20-14-30)41-24-7-5-6-8-25-44-37(40)28(2)3/h4,10-23H,1-2,5-9,24-27H2,3H3/b23-12+. The number of hydrogen-bond donors (Lipinski definition) is 0. The topological polar surface area (TPSA) is 88.1 Å². The van der Waals surface area contributed by atoms with E-state index < -0.39 is 5.97 Å². The molecule has 0 aliphatic carbocycles. The Morgan fingerprint density at radius 1 is 0.689 bits per heavy atom. The maximum atomic E-state index is 12.5. The van der Waals surface area contributed by atoms with E-state index in [2.05, 4.69) is 13.2 Å². The second-order valence-corrected chi connectivity index (χ2v) is 11.2. The van der Waals surface area contributed by atoms with Crippen molar-refractivity contribution in [1.29, 1.82) is 0 Å². The largest absolute Gasteiger partial charge is 0.494 e. The molecule has 8 heteroatoms. The summed E-state index contributed by atoms with van der Waals surface area (Å²) >= 11 is 1.17. The average Bonchev–Trinajstić information content (AvgIpc) is 3.05. The Hall–Kier alpha value is -4.56. The minimum absolute atomic E-state index is 0.0649. The van der Waals surface area contributed by atoms with Crippen molar-refractivity contribution in [3.8, 4) is 22.6 Å². The maximum Gasteiger partial charge on any atom is 0.333 e. The molecule has 0 saturated heterocycles. The van der Waals surface area contributed by atoms with E-state index in [0.717, 1.165) is 59.1 Å². The van der Waals surface area contributed by atoms with Gasteiger partial charge in [-0.2, -0.15) is 0 Å². The van der Waals surface area contributed by atoms with Crippen LogP contribution in [0.25, 0.3) is 17.2 Å². The van der Waals surface area contributed by atoms with Gasteiger partial charge in [-0.05, 0) is 104 Å². The van der Waals surface area contributed by atoms with Crippen molar-refractivity contribution in [1.82, 2.24) is 0 Å². The molecule has 0 spiro atoms. The molecule has 0 aliphatic rings. The molecular weight excluding hydrogens is 588 g/mol. The average molecular weight is 629 g/mol. The molecule has 3 rings (SSSR count). The predicted molar refractivity (Wildman–Crippen MR) is 179 cm³/mol. The van der Waals surface area contributed by atoms with Crippen molar-refractivity contribution in [2.45, 2.75) is 43.9 Å². The summed E-state index contributed by atoms with van der Waals surface area (Å²) in [6, 6.07) is 23.3. The van der Waals surface area contributed by atoms with Gasteiger partial charge in [0, 0.05) is 23.0 Å². The minimum atomic E-state index is -0.442. The number of rotatable bonds is 19. The Labute approximate surface area is 269 Å². The Balaban J connectivity index is 1.34. The molecule has 0 unspecified atom stereocenters. The molecule has 0 atom stereocenters. The molecule has 0 N–H and O–H groups in total. The van der Waals surface area contributed by atoms with E-state index in [1.807, 2.05) is 72.8 Å². The summed E-state index contributed by atoms with van der Waals surface area (Å²) in [6.07, 6.45) is 8.80. The van der Waals surface area contributed by atoms with Gasteiger partial charge < -0.3 is 18.9 Å². The second-order valence-electron chi connectivity index (χ2n) is 10.1. The molecule has 7 nitrogen and oxygen atoms in total. The van der Waals surface area contributed by atoms with Crippen molar-refractivity contribution < 1.29 is 33.3 Å². The van der Waals surface area contributed by atoms with E-state index in [1.165, 1.54) is 11.8 Å². The van der Waals surface area contributed by atoms with Crippen LogP contribution in [0, 0.1) is 0 Å². The SMILES string of the molecule is C=CC(=O)OCCCOc1ccc(/C=C/C(=O)Sc2ccc(-c3ccc(OCCCCCCOC(=O)C(=C)C)cc3)cc2)cc1. The van der Waals surface area contributed by atoms with Gasteiger partial charge >= 0.3 is 11.9 Å². The summed E-state index contributed by atoms with van der Waals surface area (Å²) in [5, 5.41) is -0.0649. The molecule has 236 valence electrons. The second kappa shape index (κ2) is 19.7. The predicted octanol–water partition coefficient (Wildman–Crippen LogP) is 8.24. The molecule has 3 aromatic carbocycles. The van der Waals surface area contributed by atoms with Crippen LogP contribution in [0.15, 0.2) is 109 Å². The van der Waals surface area contributed by atoms with Crippen LogP contribution in [0.1, 0.15) is 44.6 Å². The lowest BCUT2D eigenvalue weighted by Gasteiger charge is -2.08. The van der Waals surface area contributed by atoms with Gasteiger partial charge in [-0.3, -0.25) is 4.79 Å². The summed E-state index contributed by atoms with van der Waals surface area (Å²) in [5.41, 5.74) is 3.44. The highest BCUT2D eigenvalue weighted by atomic mass is 32.2. The third kappa shape index (κ3) is 13.7. The van der Waals surface area contributed by atoms with Crippen molar-refractivity contribution in [3.63, 3.8) is 0 Å². The summed E-state index contributed by atoms with van der Waals surface area (Å²) in [6.45, 7) is 10.3. The highest BCUT2D eigenvalue weighted by Gasteiger charge is 2.05. The van der Waals surface area contributed by atoms with Crippen LogP contribution in [0.5, 0.6) is 11.5 Å². The number of hydrogen-bond acceptors (Lipinski definition) is 8. The van der Waals surface area contributed by atoms with Crippen LogP contribution in [-0.4, -0.2) is 43.5 Å². The Morgan fingerprint density at radius 2 is 1.22 bits per heavy atom. The van der Waals surface area contributed by atoms with Gasteiger partial charge in [-0.15, -0.1) is 0 Å². The monoisotopic (exact) mass is 628 g/mol. The van der Waals surface area contributed by atoms with Gasteiger partial charge in [0.2, 0.25) is 5.12 Å². The third-order valence-corrected chi connectivity index (χ3v) is 7.25. The zero-order chi connectivity index (χ0) is 32.3. The van der Waals surface area contributed by atoms with Crippen molar-refractivity contribution in [2.24, 2.45) is 0 Å². The number of carbonyl (C=O) groups is 3. The van der Waals surface area contributed by atoms with Gasteiger partial charge in [0.15, 0.2) is 0 Å². The van der Waals surface area contributed by atoms with Gasteiger partial charge in [-0.25, -0.2) is 9.59 Å². The number of benzene rings is 3. The number of thioether (sulfide) groups is 1. The molecule has 3 aromatic rings. The lowest BCUT2D eigenvalue weighted by Crippen LogP contribution is -2.06. The van der Waals surface area contributed by atoms with E-state index in [1.54, 1.807) is 19.1 Å². The lowest BCUT2D eigenvalue weighted by atomic mass is 10.1. The zero-order valence-corrected chi connectivity index (χ0v) is 26.5. The molecule has 0 bridgehead atoms. The summed E-state index contributed by atoms with van der Waals surface area (Å²) in [5.74, 6) is 0.753. The zero-order valence-electron chi connectivity index (χ0n) is 25.7. The number of esters is 2. The molecule has 0 fully saturated rings. The van der Waals surface area contributed by atoms with Gasteiger partial charge in [0.1, 0.15) is 11.5 Å². The Kier molecular flexibility index (Phi) is 15.3. The number of unbranched alkanes of at least 4 members (excludes halogenated alkanes) is 3. The van der Waals surface area contributed by atoms with E-state index in [4.69, 9.17) is 18.9 Å². The highest BCUT2D eigenvalue weighted by Crippen LogP contribution is 2.27. The normalized spacial score (nSPS) is 10.7. The minimum Gasteiger partial charge on any atom is -0.494 e. The van der Waals surface area contributed by atoms with Gasteiger partial charge in [-0.1, -0.05) is 55.6 Å². The van der Waals surface area contributed by atoms with Crippen LogP contribution in [0.2, 0.25) is 0 Å². The van der Waals surface area contributed by atoms with Crippen molar-refractivity contribution in [3.05, 3.63) is 109 Å². The summed E-state index contributed by atoms with van der Waals surface area (Å²) < 4.78 is 21.5. The van der Waals surface area contributed by atoms with Crippen LogP contribution < -0.4 is 9.47 Å². The number of ether oxygens (including phenoxy) is 4. The van der Waals surface area contributed by atoms with Crippen LogP contribution in [0.4, 0.5) is 0 Å². The Morgan fingerprint density at radius 3 is 1.82 bits per heavy atom. The van der Waals surface area contributed by atoms with Crippen molar-refractivity contribution in [2.75, 3.05) is 26.4 Å². The van der Waals surface area contributed by atoms with Gasteiger partial charge in [0.05, 0.1) is 26.4 Å². The summed E-state index contributed by atoms with van der Waals surface area (Å²) in [4.78, 5) is 35.7. The van der Waals surface area contributed by atoms with E-state index >= 15 is 0 Å². The van der Waals surface area contributed by atoms with Crippen LogP contribution in [0.3, 0.4) is 0 Å². The quantitative estimate of drug-likeness (QED) is 0.0568. The van der Waals surface area contributed by atoms with Crippen molar-refractivity contribution >= 4 is 34.9 Å². The molecule has 0 aromatic heterocycles. The fraction of sp³-hybridized carbons (Fsp3) is 0.270. The van der Waals surface area contributed by atoms with E-state index in [9.17, 15) is 14.4 Å². The van der Waals surface area contributed by atoms with Crippen LogP contribution >= 0.6 is 11.8 Å². The molecule has 0 amide bonds. The Bertz CT molecular complexity index is 1430. The van der Waals surface area contributed by atoms with E-state index in [0.29, 0.717) is 37.6 Å². The molecular formula is C37H40O7S. The molecule has 45 heavy (non-hydrogen) atoms. The fourth-order valence-electron chi connectivity index (χ4n) is 3.97. The molecule has 0 saturated carbocycles. The van der Waals surface area contributed by atoms with Crippen LogP contribution in [-0.2, 0) is 23.9 Å². The first-order valence-corrected chi connectivity index (χ1v) is 15.7. The molecule has 0 aliphatic heterocycles. The smallest absolute Gasteiger partial charge is 0.333 e. The summed E-state index contributed by atoms with van der Waals surface area (Å²) in [7, 11) is 0. The third-order valence-electron chi connectivity index (χ3n) is 6.41. The maximum absolute atomic E-state index is 12.5. The molecule has 0 radical (unpaired) electrons. The molecule has 0 heterocycles. The lowest BCUT2D eigenvalue weighted by molar-refractivity contribution is -0.139. The fourth-order valence-corrected chi connectivity index (χ4v) is 4.61. The number of carbonyl (C=O) groups excluding carboxylic acids is 3. The van der Waals surface area contributed by atoms with Gasteiger partial charge in [0.25, 0.3) is 0 Å². The van der Waals surface area contributed by atoms with E-state index in [-0.39, 0.29) is 17.7 Å². The first-order valence-electron chi connectivity index (χ1n) is 14.9. The first-order chi connectivity index (χ1) is 21.8. The first kappa shape index (κ1) is 34.9. The highest BCUT2D eigenvalue weighted by molar-refractivity contribution is 8.14.